The molecule has 0 amide bonds. The van der Waals surface area contributed by atoms with Crippen molar-refractivity contribution < 1.29 is 23.3 Å². The van der Waals surface area contributed by atoms with Crippen molar-refractivity contribution in [2.75, 3.05) is 6.61 Å². The Bertz CT molecular complexity index is 762. The predicted molar refractivity (Wildman–Crippen MR) is 96.3 cm³/mol. The number of phosphoric acid groups is 1. The Morgan fingerprint density at radius 1 is 1.28 bits per heavy atom. The zero-order valence-electron chi connectivity index (χ0n) is 14.6. The first-order valence-corrected chi connectivity index (χ1v) is 9.86. The summed E-state index contributed by atoms with van der Waals surface area (Å²) < 4.78 is 21.2. The molecule has 1 aromatic carbocycles. The van der Waals surface area contributed by atoms with Gasteiger partial charge in [0.15, 0.2) is 0 Å². The number of carbonyl (C=O) groups excluding carboxylic acids is 1. The first-order chi connectivity index (χ1) is 11.9. The topological polar surface area (TPSA) is 85.7 Å². The van der Waals surface area contributed by atoms with Gasteiger partial charge in [-0.25, -0.2) is 4.57 Å². The maximum absolute atomic E-state index is 12.1. The number of unbranched alkanes of at least 4 members (excludes halogenated alkanes) is 1. The number of hydrogen-bond acceptors (Lipinski definition) is 5. The van der Waals surface area contributed by atoms with Gasteiger partial charge in [0.2, 0.25) is 0 Å². The van der Waals surface area contributed by atoms with Crippen molar-refractivity contribution in [3.8, 4) is 0 Å². The van der Waals surface area contributed by atoms with E-state index in [4.69, 9.17) is 9.05 Å². The summed E-state index contributed by atoms with van der Waals surface area (Å²) in [5.74, 6) is 0.114. The number of Topliss-reactive ketones (excluding diaryl/α,β-unsaturated/α-hetero) is 1. The van der Waals surface area contributed by atoms with Crippen molar-refractivity contribution in [2.45, 2.75) is 45.6 Å². The molecule has 1 aromatic heterocycles. The lowest BCUT2D eigenvalue weighted by Gasteiger charge is -2.14. The van der Waals surface area contributed by atoms with Crippen LogP contribution in [0, 0.1) is 0 Å². The van der Waals surface area contributed by atoms with Gasteiger partial charge in [0.05, 0.1) is 18.2 Å². The molecule has 1 unspecified atom stereocenters. The van der Waals surface area contributed by atoms with E-state index in [0.29, 0.717) is 25.7 Å². The van der Waals surface area contributed by atoms with E-state index in [9.17, 15) is 14.3 Å². The molecule has 136 valence electrons. The Kier molecular flexibility index (Phi) is 7.26. The van der Waals surface area contributed by atoms with Gasteiger partial charge in [-0.15, -0.1) is 0 Å². The molecular weight excluding hydrogens is 341 g/mol. The number of rotatable bonds is 10. The molecule has 0 fully saturated rings. The van der Waals surface area contributed by atoms with Gasteiger partial charge in [-0.2, -0.15) is 0 Å². The lowest BCUT2D eigenvalue weighted by Crippen LogP contribution is -2.05. The second-order valence-electron chi connectivity index (χ2n) is 6.16. The third kappa shape index (κ3) is 7.04. The number of hydrogen-bond donors (Lipinski definition) is 1. The van der Waals surface area contributed by atoms with Crippen molar-refractivity contribution in [3.63, 3.8) is 0 Å². The monoisotopic (exact) mass is 365 g/mol. The van der Waals surface area contributed by atoms with E-state index in [1.807, 2.05) is 30.3 Å². The number of aromatic nitrogens is 1. The summed E-state index contributed by atoms with van der Waals surface area (Å²) in [4.78, 5) is 25.8. The Hall–Kier alpha value is -1.59. The van der Waals surface area contributed by atoms with Crippen LogP contribution in [0.3, 0.4) is 0 Å². The van der Waals surface area contributed by atoms with Crippen LogP contribution in [0.5, 0.6) is 0 Å². The highest BCUT2D eigenvalue weighted by atomic mass is 31.2. The van der Waals surface area contributed by atoms with Crippen LogP contribution in [0.2, 0.25) is 0 Å². The zero-order valence-corrected chi connectivity index (χ0v) is 15.4. The van der Waals surface area contributed by atoms with Crippen LogP contribution in [0.1, 0.15) is 38.7 Å². The highest BCUT2D eigenvalue weighted by molar-refractivity contribution is 7.47. The van der Waals surface area contributed by atoms with Crippen molar-refractivity contribution >= 4 is 24.5 Å². The highest BCUT2D eigenvalue weighted by Gasteiger charge is 2.22. The van der Waals surface area contributed by atoms with Crippen LogP contribution in [0.15, 0.2) is 36.5 Å². The molecule has 1 N–H and O–H groups in total. The number of nitrogens with zero attached hydrogens (tertiary/aromatic N) is 1. The molecule has 2 aromatic rings. The highest BCUT2D eigenvalue weighted by Crippen LogP contribution is 2.44. The SMILES string of the molecule is CC(C)OP(=O)(O)OCCCCC(=O)Cc1cnc2ccccc2c1. The minimum atomic E-state index is -3.98. The number of para-hydroxylation sites is 1. The van der Waals surface area contributed by atoms with Crippen molar-refractivity contribution in [1.82, 2.24) is 4.98 Å². The molecule has 0 bridgehead atoms. The molecule has 2 rings (SSSR count). The summed E-state index contributed by atoms with van der Waals surface area (Å²) in [6.07, 6.45) is 3.21. The number of benzene rings is 1. The van der Waals surface area contributed by atoms with Crippen LogP contribution < -0.4 is 0 Å². The number of fused-ring (bicyclic) bond motifs is 1. The van der Waals surface area contributed by atoms with Gasteiger partial charge in [0.1, 0.15) is 5.78 Å². The van der Waals surface area contributed by atoms with Gasteiger partial charge in [0, 0.05) is 24.4 Å². The van der Waals surface area contributed by atoms with Gasteiger partial charge in [-0.1, -0.05) is 18.2 Å². The zero-order chi connectivity index (χ0) is 18.3. The van der Waals surface area contributed by atoms with Crippen LogP contribution in [0.25, 0.3) is 10.9 Å². The van der Waals surface area contributed by atoms with Crippen molar-refractivity contribution in [2.24, 2.45) is 0 Å². The summed E-state index contributed by atoms with van der Waals surface area (Å²) in [6.45, 7) is 3.41. The molecule has 0 saturated heterocycles. The average Bonchev–Trinajstić information content (AvgIpc) is 2.53. The molecule has 7 heteroatoms. The Morgan fingerprint density at radius 2 is 2.04 bits per heavy atom. The minimum absolute atomic E-state index is 0.0886. The summed E-state index contributed by atoms with van der Waals surface area (Å²) in [7, 11) is -3.98. The second kappa shape index (κ2) is 9.20. The van der Waals surface area contributed by atoms with E-state index in [1.165, 1.54) is 0 Å². The van der Waals surface area contributed by atoms with Crippen LogP contribution in [-0.2, 0) is 24.8 Å². The van der Waals surface area contributed by atoms with Gasteiger partial charge < -0.3 is 4.89 Å². The standard InChI is InChI=1S/C18H24NO5P/c1-14(2)24-25(21,22)23-10-6-5-8-17(20)12-15-11-16-7-3-4-9-18(16)19-13-15/h3-4,7,9,11,13-14H,5-6,8,10,12H2,1-2H3,(H,21,22). The molecule has 1 atom stereocenters. The molecule has 0 aliphatic carbocycles. The Balaban J connectivity index is 1.71. The molecular formula is C18H24NO5P. The van der Waals surface area contributed by atoms with Gasteiger partial charge >= 0.3 is 7.82 Å². The summed E-state index contributed by atoms with van der Waals surface area (Å²) in [6, 6.07) is 9.76. The van der Waals surface area contributed by atoms with Gasteiger partial charge in [0.25, 0.3) is 0 Å². The third-order valence-corrected chi connectivity index (χ3v) is 4.69. The summed E-state index contributed by atoms with van der Waals surface area (Å²) >= 11 is 0. The van der Waals surface area contributed by atoms with Gasteiger partial charge in [-0.3, -0.25) is 18.8 Å². The molecule has 1 heterocycles. The fourth-order valence-electron chi connectivity index (χ4n) is 2.43. The first-order valence-electron chi connectivity index (χ1n) is 8.37. The van der Waals surface area contributed by atoms with E-state index >= 15 is 0 Å². The maximum Gasteiger partial charge on any atom is 0.472 e. The van der Waals surface area contributed by atoms with Gasteiger partial charge in [-0.05, 0) is 44.4 Å². The van der Waals surface area contributed by atoms with Crippen LogP contribution >= 0.6 is 7.82 Å². The molecule has 0 radical (unpaired) electrons. The van der Waals surface area contributed by atoms with E-state index in [2.05, 4.69) is 4.98 Å². The van der Waals surface area contributed by atoms with Crippen molar-refractivity contribution in [1.29, 1.82) is 0 Å². The maximum atomic E-state index is 12.1. The molecule has 0 saturated carbocycles. The Labute approximate surface area is 147 Å². The summed E-state index contributed by atoms with van der Waals surface area (Å²) in [5.41, 5.74) is 1.80. The normalized spacial score (nSPS) is 13.9. The van der Waals surface area contributed by atoms with Crippen LogP contribution in [0.4, 0.5) is 0 Å². The third-order valence-electron chi connectivity index (χ3n) is 3.50. The molecule has 0 spiro atoms. The van der Waals surface area contributed by atoms with E-state index in [1.54, 1.807) is 20.0 Å². The number of ketones is 1. The second-order valence-corrected chi connectivity index (χ2v) is 7.57. The summed E-state index contributed by atoms with van der Waals surface area (Å²) in [5, 5.41) is 1.02. The quantitative estimate of drug-likeness (QED) is 0.505. The lowest BCUT2D eigenvalue weighted by molar-refractivity contribution is -0.118. The number of phosphoric ester groups is 1. The molecule has 0 aliphatic rings. The predicted octanol–water partition coefficient (Wildman–Crippen LogP) is 4.06. The van der Waals surface area contributed by atoms with E-state index in [0.717, 1.165) is 16.5 Å². The first kappa shape index (κ1) is 19.7. The van der Waals surface area contributed by atoms with Crippen molar-refractivity contribution in [3.05, 3.63) is 42.1 Å². The Morgan fingerprint density at radius 3 is 2.80 bits per heavy atom. The molecule has 0 aliphatic heterocycles. The molecule has 6 nitrogen and oxygen atoms in total. The average molecular weight is 365 g/mol. The van der Waals surface area contributed by atoms with Crippen LogP contribution in [-0.4, -0.2) is 28.4 Å². The van der Waals surface area contributed by atoms with E-state index in [-0.39, 0.29) is 18.5 Å². The van der Waals surface area contributed by atoms with E-state index < -0.39 is 7.82 Å². The number of pyridine rings is 1. The smallest absolute Gasteiger partial charge is 0.302 e. The fourth-order valence-corrected chi connectivity index (χ4v) is 3.38. The number of carbonyl (C=O) groups is 1. The molecule has 25 heavy (non-hydrogen) atoms. The lowest BCUT2D eigenvalue weighted by atomic mass is 10.0. The minimum Gasteiger partial charge on any atom is -0.302 e. The largest absolute Gasteiger partial charge is 0.472 e. The fraction of sp³-hybridized carbons (Fsp3) is 0.444.